The van der Waals surface area contributed by atoms with Crippen LogP contribution in [0, 0.1) is 11.3 Å². The summed E-state index contributed by atoms with van der Waals surface area (Å²) in [5, 5.41) is 10.1. The Morgan fingerprint density at radius 1 is 1.25 bits per heavy atom. The van der Waals surface area contributed by atoms with Crippen molar-refractivity contribution in [3.8, 4) is 0 Å². The molecule has 1 aliphatic carbocycles. The number of aliphatic hydroxyl groups is 1. The summed E-state index contributed by atoms with van der Waals surface area (Å²) < 4.78 is 0. The van der Waals surface area contributed by atoms with E-state index < -0.39 is 5.60 Å². The van der Waals surface area contributed by atoms with Crippen molar-refractivity contribution in [2.45, 2.75) is 59.0 Å². The second-order valence-corrected chi connectivity index (χ2v) is 5.69. The molecule has 0 saturated heterocycles. The molecule has 12 heavy (non-hydrogen) atoms. The third kappa shape index (κ3) is 2.78. The summed E-state index contributed by atoms with van der Waals surface area (Å²) in [5.41, 5.74) is -0.103. The summed E-state index contributed by atoms with van der Waals surface area (Å²) in [6.45, 7) is 8.76. The molecule has 1 aliphatic rings. The summed E-state index contributed by atoms with van der Waals surface area (Å²) in [4.78, 5) is 0. The van der Waals surface area contributed by atoms with Gasteiger partial charge in [0.15, 0.2) is 0 Å². The average Bonchev–Trinajstić information content (AvgIpc) is 1.86. The van der Waals surface area contributed by atoms with Crippen LogP contribution in [0.15, 0.2) is 0 Å². The standard InChI is InChI=1S/C11H22O/c1-9-5-6-10(2,3)8-11(4,12)7-9/h9,12H,5-8H2,1-4H3. The lowest BCUT2D eigenvalue weighted by Gasteiger charge is -2.30. The van der Waals surface area contributed by atoms with Crippen LogP contribution in [-0.2, 0) is 0 Å². The van der Waals surface area contributed by atoms with Gasteiger partial charge in [0.2, 0.25) is 0 Å². The molecule has 0 bridgehead atoms. The fourth-order valence-electron chi connectivity index (χ4n) is 2.68. The second-order valence-electron chi connectivity index (χ2n) is 5.69. The van der Waals surface area contributed by atoms with E-state index >= 15 is 0 Å². The van der Waals surface area contributed by atoms with E-state index in [4.69, 9.17) is 0 Å². The van der Waals surface area contributed by atoms with Crippen molar-refractivity contribution in [1.82, 2.24) is 0 Å². The number of hydrogen-bond donors (Lipinski definition) is 1. The first-order valence-electron chi connectivity index (χ1n) is 5.03. The number of rotatable bonds is 0. The minimum atomic E-state index is -0.431. The van der Waals surface area contributed by atoms with Gasteiger partial charge in [-0.15, -0.1) is 0 Å². The maximum Gasteiger partial charge on any atom is 0.0627 e. The van der Waals surface area contributed by atoms with Gasteiger partial charge in [-0.2, -0.15) is 0 Å². The topological polar surface area (TPSA) is 20.2 Å². The van der Waals surface area contributed by atoms with Crippen LogP contribution in [0.3, 0.4) is 0 Å². The van der Waals surface area contributed by atoms with E-state index in [1.807, 2.05) is 6.92 Å². The molecule has 2 unspecified atom stereocenters. The van der Waals surface area contributed by atoms with Crippen LogP contribution in [-0.4, -0.2) is 10.7 Å². The Balaban J connectivity index is 2.69. The molecule has 1 heteroatoms. The number of hydrogen-bond acceptors (Lipinski definition) is 1. The van der Waals surface area contributed by atoms with Gasteiger partial charge >= 0.3 is 0 Å². The Morgan fingerprint density at radius 3 is 2.42 bits per heavy atom. The Bertz CT molecular complexity index is 158. The van der Waals surface area contributed by atoms with E-state index in [9.17, 15) is 5.11 Å². The predicted octanol–water partition coefficient (Wildman–Crippen LogP) is 2.97. The highest BCUT2D eigenvalue weighted by Gasteiger charge is 2.35. The lowest BCUT2D eigenvalue weighted by molar-refractivity contribution is 0.00917. The Hall–Kier alpha value is -0.0400. The molecule has 1 N–H and O–H groups in total. The summed E-state index contributed by atoms with van der Waals surface area (Å²) in [6.07, 6.45) is 4.44. The molecule has 2 atom stereocenters. The lowest BCUT2D eigenvalue weighted by Crippen LogP contribution is -2.30. The maximum atomic E-state index is 10.1. The van der Waals surface area contributed by atoms with Gasteiger partial charge in [0.25, 0.3) is 0 Å². The summed E-state index contributed by atoms with van der Waals surface area (Å²) >= 11 is 0. The quantitative estimate of drug-likeness (QED) is 0.554. The normalized spacial score (nSPS) is 42.2. The third-order valence-corrected chi connectivity index (χ3v) is 2.96. The van der Waals surface area contributed by atoms with Crippen molar-refractivity contribution in [2.24, 2.45) is 11.3 Å². The largest absolute Gasteiger partial charge is 0.390 e. The highest BCUT2D eigenvalue weighted by molar-refractivity contribution is 4.87. The van der Waals surface area contributed by atoms with Crippen molar-refractivity contribution in [3.63, 3.8) is 0 Å². The van der Waals surface area contributed by atoms with Crippen LogP contribution >= 0.6 is 0 Å². The molecule has 72 valence electrons. The molecule has 1 saturated carbocycles. The maximum absolute atomic E-state index is 10.1. The molecule has 1 rings (SSSR count). The van der Waals surface area contributed by atoms with Crippen molar-refractivity contribution in [1.29, 1.82) is 0 Å². The van der Waals surface area contributed by atoms with Crippen molar-refractivity contribution < 1.29 is 5.11 Å². The third-order valence-electron chi connectivity index (χ3n) is 2.96. The summed E-state index contributed by atoms with van der Waals surface area (Å²) in [7, 11) is 0. The molecule has 0 aliphatic heterocycles. The van der Waals surface area contributed by atoms with Gasteiger partial charge < -0.3 is 5.11 Å². The Kier molecular flexibility index (Phi) is 2.53. The highest BCUT2D eigenvalue weighted by atomic mass is 16.3. The SMILES string of the molecule is CC1CCC(C)(C)CC(C)(O)C1. The smallest absolute Gasteiger partial charge is 0.0627 e. The first kappa shape index (κ1) is 10.0. The fraction of sp³-hybridized carbons (Fsp3) is 1.00. The predicted molar refractivity (Wildman–Crippen MR) is 52.0 cm³/mol. The summed E-state index contributed by atoms with van der Waals surface area (Å²) in [6, 6.07) is 0. The minimum absolute atomic E-state index is 0.328. The van der Waals surface area contributed by atoms with Gasteiger partial charge in [0.1, 0.15) is 0 Å². The van der Waals surface area contributed by atoms with Gasteiger partial charge in [-0.05, 0) is 37.5 Å². The molecule has 0 spiro atoms. The molecule has 0 aromatic carbocycles. The Morgan fingerprint density at radius 2 is 1.83 bits per heavy atom. The average molecular weight is 170 g/mol. The van der Waals surface area contributed by atoms with E-state index in [2.05, 4.69) is 20.8 Å². The molecule has 0 radical (unpaired) electrons. The van der Waals surface area contributed by atoms with Crippen LogP contribution in [0.4, 0.5) is 0 Å². The zero-order chi connectivity index (χ0) is 9.41. The molecule has 0 aromatic heterocycles. The van der Waals surface area contributed by atoms with Gasteiger partial charge in [0, 0.05) is 0 Å². The molecule has 1 nitrogen and oxygen atoms in total. The lowest BCUT2D eigenvalue weighted by atomic mass is 9.80. The van der Waals surface area contributed by atoms with E-state index in [-0.39, 0.29) is 0 Å². The molecule has 0 aromatic rings. The van der Waals surface area contributed by atoms with Crippen LogP contribution in [0.1, 0.15) is 53.4 Å². The first-order chi connectivity index (χ1) is 5.31. The van der Waals surface area contributed by atoms with Gasteiger partial charge in [-0.3, -0.25) is 0 Å². The highest BCUT2D eigenvalue weighted by Crippen LogP contribution is 2.40. The monoisotopic (exact) mass is 170 g/mol. The zero-order valence-electron chi connectivity index (χ0n) is 8.85. The van der Waals surface area contributed by atoms with Crippen molar-refractivity contribution >= 4 is 0 Å². The second kappa shape index (κ2) is 3.02. The summed E-state index contributed by atoms with van der Waals surface area (Å²) in [5.74, 6) is 0.682. The van der Waals surface area contributed by atoms with Crippen LogP contribution < -0.4 is 0 Å². The van der Waals surface area contributed by atoms with Crippen molar-refractivity contribution in [2.75, 3.05) is 0 Å². The van der Waals surface area contributed by atoms with E-state index in [0.717, 1.165) is 12.8 Å². The molecule has 0 heterocycles. The van der Waals surface area contributed by atoms with E-state index in [0.29, 0.717) is 11.3 Å². The molecular formula is C11H22O. The minimum Gasteiger partial charge on any atom is -0.390 e. The molecule has 1 fully saturated rings. The van der Waals surface area contributed by atoms with Gasteiger partial charge in [-0.1, -0.05) is 27.2 Å². The van der Waals surface area contributed by atoms with Crippen LogP contribution in [0.2, 0.25) is 0 Å². The molecule has 0 amide bonds. The first-order valence-corrected chi connectivity index (χ1v) is 5.03. The fourth-order valence-corrected chi connectivity index (χ4v) is 2.68. The van der Waals surface area contributed by atoms with Crippen LogP contribution in [0.5, 0.6) is 0 Å². The van der Waals surface area contributed by atoms with Crippen LogP contribution in [0.25, 0.3) is 0 Å². The zero-order valence-corrected chi connectivity index (χ0v) is 8.85. The van der Waals surface area contributed by atoms with E-state index in [1.165, 1.54) is 12.8 Å². The van der Waals surface area contributed by atoms with Crippen molar-refractivity contribution in [3.05, 3.63) is 0 Å². The van der Waals surface area contributed by atoms with E-state index in [1.54, 1.807) is 0 Å². The Labute approximate surface area is 76.2 Å². The molecular weight excluding hydrogens is 148 g/mol. The van der Waals surface area contributed by atoms with Gasteiger partial charge in [0.05, 0.1) is 5.60 Å². The van der Waals surface area contributed by atoms with Gasteiger partial charge in [-0.25, -0.2) is 0 Å².